The molecule has 0 radical (unpaired) electrons. The van der Waals surface area contributed by atoms with Crippen LogP contribution in [0.1, 0.15) is 36.5 Å². The van der Waals surface area contributed by atoms with Crippen molar-refractivity contribution in [2.45, 2.75) is 45.4 Å². The molecule has 150 valence electrons. The zero-order valence-corrected chi connectivity index (χ0v) is 16.3. The van der Waals surface area contributed by atoms with Crippen molar-refractivity contribution < 1.29 is 24.2 Å². The van der Waals surface area contributed by atoms with Crippen molar-refractivity contribution in [1.82, 2.24) is 19.9 Å². The van der Waals surface area contributed by atoms with Crippen LogP contribution in [0.15, 0.2) is 24.3 Å². The largest absolute Gasteiger partial charge is 0.491 e. The smallest absolute Gasteiger partial charge is 0.326 e. The molecule has 1 fully saturated rings. The third kappa shape index (κ3) is 3.84. The van der Waals surface area contributed by atoms with Gasteiger partial charge in [-0.15, -0.1) is 5.10 Å². The van der Waals surface area contributed by atoms with E-state index in [1.807, 2.05) is 38.1 Å². The zero-order valence-electron chi connectivity index (χ0n) is 16.3. The minimum absolute atomic E-state index is 0.0711. The quantitative estimate of drug-likeness (QED) is 0.802. The fourth-order valence-electron chi connectivity index (χ4n) is 3.27. The average molecular weight is 388 g/mol. The van der Waals surface area contributed by atoms with Crippen molar-refractivity contribution >= 4 is 11.9 Å². The lowest BCUT2D eigenvalue weighted by atomic mass is 10.2. The summed E-state index contributed by atoms with van der Waals surface area (Å²) in [4.78, 5) is 25.8. The molecule has 1 aliphatic rings. The van der Waals surface area contributed by atoms with Crippen LogP contribution < -0.4 is 4.74 Å². The minimum atomic E-state index is -1.06. The predicted octanol–water partition coefficient (Wildman–Crippen LogP) is 1.68. The molecule has 0 saturated carbocycles. The molecular formula is C19H24N4O5. The van der Waals surface area contributed by atoms with Crippen LogP contribution in [0.5, 0.6) is 5.75 Å². The molecule has 0 bridgehead atoms. The van der Waals surface area contributed by atoms with Crippen LogP contribution in [0.4, 0.5) is 0 Å². The lowest BCUT2D eigenvalue weighted by molar-refractivity contribution is -0.141. The Morgan fingerprint density at radius 3 is 2.50 bits per heavy atom. The summed E-state index contributed by atoms with van der Waals surface area (Å²) in [6, 6.07) is 6.36. The second-order valence-electron chi connectivity index (χ2n) is 7.00. The molecule has 28 heavy (non-hydrogen) atoms. The Hall–Kier alpha value is -2.94. The monoisotopic (exact) mass is 388 g/mol. The van der Waals surface area contributed by atoms with Gasteiger partial charge in [0.15, 0.2) is 5.69 Å². The summed E-state index contributed by atoms with van der Waals surface area (Å²) >= 11 is 0. The van der Waals surface area contributed by atoms with Gasteiger partial charge in [-0.3, -0.25) is 4.79 Å². The Bertz CT molecular complexity index is 862. The van der Waals surface area contributed by atoms with Gasteiger partial charge in [0, 0.05) is 20.1 Å². The van der Waals surface area contributed by atoms with Gasteiger partial charge < -0.3 is 19.5 Å². The summed E-state index contributed by atoms with van der Waals surface area (Å²) in [7, 11) is 1.51. The summed E-state index contributed by atoms with van der Waals surface area (Å²) in [5.41, 5.74) is 1.39. The van der Waals surface area contributed by atoms with E-state index in [1.54, 1.807) is 11.6 Å². The highest BCUT2D eigenvalue weighted by atomic mass is 16.5. The standard InChI is InChI=1S/C19H24N4O5/c1-11(2)28-14-7-5-13(6-8-14)23-12(3)17(20-21-23)18(24)22-10-15(27-4)9-16(22)19(25)26/h5-8,11,15-16H,9-10H2,1-4H3,(H,25,26). The van der Waals surface area contributed by atoms with Crippen molar-refractivity contribution in [2.75, 3.05) is 13.7 Å². The van der Waals surface area contributed by atoms with E-state index in [0.717, 1.165) is 11.4 Å². The van der Waals surface area contributed by atoms with Gasteiger partial charge in [-0.2, -0.15) is 0 Å². The first kappa shape index (κ1) is 19.8. The number of aromatic nitrogens is 3. The van der Waals surface area contributed by atoms with Crippen molar-refractivity contribution in [3.05, 3.63) is 35.7 Å². The van der Waals surface area contributed by atoms with Gasteiger partial charge in [-0.25, -0.2) is 9.48 Å². The topological polar surface area (TPSA) is 107 Å². The highest BCUT2D eigenvalue weighted by molar-refractivity contribution is 5.96. The molecule has 1 amide bonds. The maximum absolute atomic E-state index is 12.9. The van der Waals surface area contributed by atoms with Gasteiger partial charge in [0.1, 0.15) is 11.8 Å². The van der Waals surface area contributed by atoms with E-state index in [9.17, 15) is 14.7 Å². The SMILES string of the molecule is COC1CC(C(=O)O)N(C(=O)c2nnn(-c3ccc(OC(C)C)cc3)c2C)C1. The number of benzene rings is 1. The Labute approximate surface area is 162 Å². The van der Waals surface area contributed by atoms with E-state index < -0.39 is 17.9 Å². The number of carboxylic acids is 1. The Kier molecular flexibility index (Phi) is 5.64. The summed E-state index contributed by atoms with van der Waals surface area (Å²) < 4.78 is 12.4. The molecule has 1 aliphatic heterocycles. The summed E-state index contributed by atoms with van der Waals surface area (Å²) in [5.74, 6) is -0.783. The van der Waals surface area contributed by atoms with E-state index >= 15 is 0 Å². The van der Waals surface area contributed by atoms with Crippen LogP contribution in [-0.4, -0.2) is 68.8 Å². The molecule has 3 rings (SSSR count). The van der Waals surface area contributed by atoms with Gasteiger partial charge >= 0.3 is 5.97 Å². The molecule has 1 aromatic carbocycles. The number of hydrogen-bond acceptors (Lipinski definition) is 6. The maximum atomic E-state index is 12.9. The van der Waals surface area contributed by atoms with Crippen LogP contribution in [-0.2, 0) is 9.53 Å². The summed E-state index contributed by atoms with van der Waals surface area (Å²) in [6.07, 6.45) is 0.0119. The lowest BCUT2D eigenvalue weighted by Crippen LogP contribution is -2.41. The van der Waals surface area contributed by atoms with Gasteiger partial charge in [0.25, 0.3) is 5.91 Å². The van der Waals surface area contributed by atoms with Gasteiger partial charge in [-0.1, -0.05) is 5.21 Å². The first-order valence-electron chi connectivity index (χ1n) is 9.07. The summed E-state index contributed by atoms with van der Waals surface area (Å²) in [5, 5.41) is 17.5. The Balaban J connectivity index is 1.84. The molecule has 2 heterocycles. The number of hydrogen-bond donors (Lipinski definition) is 1. The van der Waals surface area contributed by atoms with Gasteiger partial charge in [0.05, 0.1) is 23.6 Å². The second-order valence-corrected chi connectivity index (χ2v) is 7.00. The van der Waals surface area contributed by atoms with Crippen LogP contribution >= 0.6 is 0 Å². The Morgan fingerprint density at radius 1 is 1.25 bits per heavy atom. The molecule has 0 aliphatic carbocycles. The van der Waals surface area contributed by atoms with Gasteiger partial charge in [-0.05, 0) is 45.0 Å². The second kappa shape index (κ2) is 7.97. The highest BCUT2D eigenvalue weighted by Crippen LogP contribution is 2.24. The third-order valence-electron chi connectivity index (χ3n) is 4.69. The van der Waals surface area contributed by atoms with Crippen molar-refractivity contribution in [2.24, 2.45) is 0 Å². The number of carboxylic acid groups (broad SMARTS) is 1. The predicted molar refractivity (Wildman–Crippen MR) is 99.7 cm³/mol. The number of rotatable bonds is 6. The van der Waals surface area contributed by atoms with E-state index in [-0.39, 0.29) is 30.9 Å². The van der Waals surface area contributed by atoms with Crippen molar-refractivity contribution in [3.8, 4) is 11.4 Å². The lowest BCUT2D eigenvalue weighted by Gasteiger charge is -2.20. The van der Waals surface area contributed by atoms with Crippen molar-refractivity contribution in [1.29, 1.82) is 0 Å². The van der Waals surface area contributed by atoms with E-state index in [1.165, 1.54) is 12.0 Å². The number of carbonyl (C=O) groups excluding carboxylic acids is 1. The minimum Gasteiger partial charge on any atom is -0.491 e. The number of carbonyl (C=O) groups is 2. The van der Waals surface area contributed by atoms with Crippen molar-refractivity contribution in [3.63, 3.8) is 0 Å². The highest BCUT2D eigenvalue weighted by Gasteiger charge is 2.41. The number of ether oxygens (including phenoxy) is 2. The normalized spacial score (nSPS) is 19.2. The molecule has 1 aromatic heterocycles. The molecular weight excluding hydrogens is 364 g/mol. The third-order valence-corrected chi connectivity index (χ3v) is 4.69. The first-order valence-corrected chi connectivity index (χ1v) is 9.07. The zero-order chi connectivity index (χ0) is 20.4. The fraction of sp³-hybridized carbons (Fsp3) is 0.474. The Morgan fingerprint density at radius 2 is 1.93 bits per heavy atom. The average Bonchev–Trinajstić information content (AvgIpc) is 3.25. The molecule has 2 aromatic rings. The number of nitrogens with zero attached hydrogens (tertiary/aromatic N) is 4. The van der Waals surface area contributed by atoms with Crippen LogP contribution in [0.2, 0.25) is 0 Å². The molecule has 2 atom stereocenters. The van der Waals surface area contributed by atoms with E-state index in [2.05, 4.69) is 10.3 Å². The number of amides is 1. The molecule has 2 unspecified atom stereocenters. The molecule has 1 N–H and O–H groups in total. The molecule has 0 spiro atoms. The van der Waals surface area contributed by atoms with Crippen LogP contribution in [0, 0.1) is 6.92 Å². The fourth-order valence-corrected chi connectivity index (χ4v) is 3.27. The van der Waals surface area contributed by atoms with Gasteiger partial charge in [0.2, 0.25) is 0 Å². The maximum Gasteiger partial charge on any atom is 0.326 e. The molecule has 9 heteroatoms. The van der Waals surface area contributed by atoms with E-state index in [4.69, 9.17) is 9.47 Å². The first-order chi connectivity index (χ1) is 13.3. The number of methoxy groups -OCH3 is 1. The molecule has 1 saturated heterocycles. The number of likely N-dealkylation sites (tertiary alicyclic amines) is 1. The van der Waals surface area contributed by atoms with Crippen LogP contribution in [0.3, 0.4) is 0 Å². The van der Waals surface area contributed by atoms with Crippen LogP contribution in [0.25, 0.3) is 5.69 Å². The van der Waals surface area contributed by atoms with E-state index in [0.29, 0.717) is 5.69 Å². The summed E-state index contributed by atoms with van der Waals surface area (Å²) in [6.45, 7) is 5.83. The number of aliphatic carboxylic acids is 1. The molecule has 9 nitrogen and oxygen atoms in total.